The lowest BCUT2D eigenvalue weighted by Gasteiger charge is -2.13. The van der Waals surface area contributed by atoms with Gasteiger partial charge >= 0.3 is 0 Å². The molecule has 0 fully saturated rings. The maximum absolute atomic E-state index is 12.4. The van der Waals surface area contributed by atoms with E-state index in [1.165, 1.54) is 0 Å². The SMILES string of the molecule is CCCOc1ccccc1C(=O)NC(=S)Nc1cc(Cl)ccc1Cl. The number of hydrogen-bond donors (Lipinski definition) is 2. The molecule has 4 nitrogen and oxygen atoms in total. The number of benzene rings is 2. The lowest BCUT2D eigenvalue weighted by molar-refractivity contribution is 0.0973. The largest absolute Gasteiger partial charge is 0.493 e. The molecule has 0 radical (unpaired) electrons. The smallest absolute Gasteiger partial charge is 0.261 e. The van der Waals surface area contributed by atoms with Crippen LogP contribution >= 0.6 is 35.4 Å². The molecule has 2 N–H and O–H groups in total. The van der Waals surface area contributed by atoms with Crippen LogP contribution < -0.4 is 15.4 Å². The van der Waals surface area contributed by atoms with Gasteiger partial charge in [0.25, 0.3) is 5.91 Å². The first-order chi connectivity index (χ1) is 11.5. The third-order valence-corrected chi connectivity index (χ3v) is 3.77. The second-order valence-corrected chi connectivity index (χ2v) is 6.13. The van der Waals surface area contributed by atoms with Crippen molar-refractivity contribution in [2.75, 3.05) is 11.9 Å². The van der Waals surface area contributed by atoms with Crippen LogP contribution in [-0.4, -0.2) is 17.6 Å². The van der Waals surface area contributed by atoms with Gasteiger partial charge in [-0.15, -0.1) is 0 Å². The predicted octanol–water partition coefficient (Wildman–Crippen LogP) is 4.91. The number of halogens is 2. The minimum atomic E-state index is -0.364. The molecule has 0 bridgehead atoms. The summed E-state index contributed by atoms with van der Waals surface area (Å²) in [5.41, 5.74) is 0.928. The molecule has 2 aromatic rings. The molecule has 0 aliphatic heterocycles. The molecule has 2 aromatic carbocycles. The molecule has 0 unspecified atom stereocenters. The number of hydrogen-bond acceptors (Lipinski definition) is 3. The van der Waals surface area contributed by atoms with Gasteiger partial charge in [0.05, 0.1) is 22.9 Å². The summed E-state index contributed by atoms with van der Waals surface area (Å²) in [5.74, 6) is 0.151. The van der Waals surface area contributed by atoms with Crippen molar-refractivity contribution in [2.45, 2.75) is 13.3 Å². The van der Waals surface area contributed by atoms with E-state index in [-0.39, 0.29) is 11.0 Å². The summed E-state index contributed by atoms with van der Waals surface area (Å²) < 4.78 is 5.58. The molecule has 24 heavy (non-hydrogen) atoms. The zero-order valence-electron chi connectivity index (χ0n) is 12.9. The second kappa shape index (κ2) is 8.87. The number of para-hydroxylation sites is 1. The summed E-state index contributed by atoms with van der Waals surface area (Å²) in [7, 11) is 0. The summed E-state index contributed by atoms with van der Waals surface area (Å²) >= 11 is 17.1. The molecular formula is C17H16Cl2N2O2S. The Morgan fingerprint density at radius 3 is 2.71 bits per heavy atom. The van der Waals surface area contributed by atoms with E-state index in [1.54, 1.807) is 36.4 Å². The van der Waals surface area contributed by atoms with Crippen LogP contribution in [-0.2, 0) is 0 Å². The Hall–Kier alpha value is -1.82. The van der Waals surface area contributed by atoms with Crippen LogP contribution in [0.4, 0.5) is 5.69 Å². The Morgan fingerprint density at radius 1 is 1.21 bits per heavy atom. The van der Waals surface area contributed by atoms with Crippen molar-refractivity contribution in [3.05, 3.63) is 58.1 Å². The molecule has 2 rings (SSSR count). The van der Waals surface area contributed by atoms with Crippen LogP contribution in [0.25, 0.3) is 0 Å². The van der Waals surface area contributed by atoms with Crippen molar-refractivity contribution >= 4 is 52.1 Å². The van der Waals surface area contributed by atoms with Gasteiger partial charge in [0.2, 0.25) is 0 Å². The fraction of sp³-hybridized carbons (Fsp3) is 0.176. The lowest BCUT2D eigenvalue weighted by atomic mass is 10.2. The predicted molar refractivity (Wildman–Crippen MR) is 102 cm³/mol. The molecular weight excluding hydrogens is 367 g/mol. The van der Waals surface area contributed by atoms with E-state index < -0.39 is 0 Å². The normalized spacial score (nSPS) is 10.1. The average molecular weight is 383 g/mol. The first-order valence-corrected chi connectivity index (χ1v) is 8.47. The first-order valence-electron chi connectivity index (χ1n) is 7.30. The highest BCUT2D eigenvalue weighted by Crippen LogP contribution is 2.25. The maximum atomic E-state index is 12.4. The van der Waals surface area contributed by atoms with E-state index in [1.807, 2.05) is 13.0 Å². The molecule has 0 aliphatic carbocycles. The van der Waals surface area contributed by atoms with Crippen molar-refractivity contribution in [1.29, 1.82) is 0 Å². The van der Waals surface area contributed by atoms with Crippen LogP contribution in [0.5, 0.6) is 5.75 Å². The van der Waals surface area contributed by atoms with Crippen LogP contribution in [0.2, 0.25) is 10.0 Å². The highest BCUT2D eigenvalue weighted by Gasteiger charge is 2.14. The Labute approximate surface area is 156 Å². The van der Waals surface area contributed by atoms with Crippen molar-refractivity contribution in [3.8, 4) is 5.75 Å². The number of anilines is 1. The minimum Gasteiger partial charge on any atom is -0.493 e. The number of nitrogens with one attached hydrogen (secondary N) is 2. The van der Waals surface area contributed by atoms with Crippen LogP contribution in [0.3, 0.4) is 0 Å². The summed E-state index contributed by atoms with van der Waals surface area (Å²) in [4.78, 5) is 12.4. The molecule has 0 atom stereocenters. The molecule has 0 heterocycles. The fourth-order valence-electron chi connectivity index (χ4n) is 1.91. The monoisotopic (exact) mass is 382 g/mol. The van der Waals surface area contributed by atoms with E-state index in [2.05, 4.69) is 10.6 Å². The zero-order valence-corrected chi connectivity index (χ0v) is 15.3. The van der Waals surface area contributed by atoms with Crippen LogP contribution in [0, 0.1) is 0 Å². The molecule has 7 heteroatoms. The molecule has 0 saturated carbocycles. The Kier molecular flexibility index (Phi) is 6.85. The van der Waals surface area contributed by atoms with Gasteiger partial charge in [-0.2, -0.15) is 0 Å². The molecule has 0 saturated heterocycles. The van der Waals surface area contributed by atoms with Gasteiger partial charge in [-0.25, -0.2) is 0 Å². The number of carbonyl (C=O) groups excluding carboxylic acids is 1. The molecule has 0 aliphatic rings. The summed E-state index contributed by atoms with van der Waals surface area (Å²) in [6.07, 6.45) is 0.850. The van der Waals surface area contributed by atoms with E-state index in [4.69, 9.17) is 40.2 Å². The second-order valence-electron chi connectivity index (χ2n) is 4.88. The topological polar surface area (TPSA) is 50.4 Å². The van der Waals surface area contributed by atoms with E-state index in [0.29, 0.717) is 33.7 Å². The number of carbonyl (C=O) groups is 1. The highest BCUT2D eigenvalue weighted by molar-refractivity contribution is 7.80. The summed E-state index contributed by atoms with van der Waals surface area (Å²) in [5, 5.41) is 6.54. The van der Waals surface area contributed by atoms with E-state index >= 15 is 0 Å². The van der Waals surface area contributed by atoms with Gasteiger partial charge in [0.1, 0.15) is 5.75 Å². The number of thiocarbonyl (C=S) groups is 1. The van der Waals surface area contributed by atoms with Crippen LogP contribution in [0.1, 0.15) is 23.7 Å². The van der Waals surface area contributed by atoms with Crippen molar-refractivity contribution < 1.29 is 9.53 Å². The lowest BCUT2D eigenvalue weighted by Crippen LogP contribution is -2.34. The zero-order chi connectivity index (χ0) is 17.5. The summed E-state index contributed by atoms with van der Waals surface area (Å²) in [6, 6.07) is 11.9. The number of amides is 1. The average Bonchev–Trinajstić information content (AvgIpc) is 2.56. The Morgan fingerprint density at radius 2 is 1.96 bits per heavy atom. The van der Waals surface area contributed by atoms with Gasteiger partial charge in [-0.3, -0.25) is 10.1 Å². The van der Waals surface area contributed by atoms with Gasteiger partial charge in [-0.1, -0.05) is 42.3 Å². The summed E-state index contributed by atoms with van der Waals surface area (Å²) in [6.45, 7) is 2.53. The Bertz CT molecular complexity index is 753. The quantitative estimate of drug-likeness (QED) is 0.721. The number of rotatable bonds is 5. The third kappa shape index (κ3) is 5.09. The maximum Gasteiger partial charge on any atom is 0.261 e. The molecule has 1 amide bonds. The fourth-order valence-corrected chi connectivity index (χ4v) is 2.45. The van der Waals surface area contributed by atoms with E-state index in [9.17, 15) is 4.79 Å². The van der Waals surface area contributed by atoms with Crippen LogP contribution in [0.15, 0.2) is 42.5 Å². The highest BCUT2D eigenvalue weighted by atomic mass is 35.5. The molecule has 0 aromatic heterocycles. The molecule has 126 valence electrons. The van der Waals surface area contributed by atoms with Gasteiger partial charge < -0.3 is 10.1 Å². The first kappa shape index (κ1) is 18.5. The van der Waals surface area contributed by atoms with E-state index in [0.717, 1.165) is 6.42 Å². The standard InChI is InChI=1S/C17H16Cl2N2O2S/c1-2-9-23-15-6-4-3-5-12(15)16(22)21-17(24)20-14-10-11(18)7-8-13(14)19/h3-8,10H,2,9H2,1H3,(H2,20,21,22,24). The van der Waals surface area contributed by atoms with Gasteiger partial charge in [-0.05, 0) is 49.0 Å². The van der Waals surface area contributed by atoms with Gasteiger partial charge in [0, 0.05) is 5.02 Å². The van der Waals surface area contributed by atoms with Crippen molar-refractivity contribution in [1.82, 2.24) is 5.32 Å². The minimum absolute atomic E-state index is 0.120. The van der Waals surface area contributed by atoms with Crippen molar-refractivity contribution in [3.63, 3.8) is 0 Å². The Balaban J connectivity index is 2.06. The number of ether oxygens (including phenoxy) is 1. The molecule has 0 spiro atoms. The van der Waals surface area contributed by atoms with Crippen molar-refractivity contribution in [2.24, 2.45) is 0 Å². The third-order valence-electron chi connectivity index (χ3n) is 3.00. The van der Waals surface area contributed by atoms with Gasteiger partial charge in [0.15, 0.2) is 5.11 Å².